The summed E-state index contributed by atoms with van der Waals surface area (Å²) in [5.74, 6) is 0.927. The Labute approximate surface area is 68.0 Å². The van der Waals surface area contributed by atoms with Gasteiger partial charge >= 0.3 is 67.9 Å². The predicted octanol–water partition coefficient (Wildman–Crippen LogP) is 2.36. The molecule has 60 valence electrons. The topological polar surface area (TPSA) is 9.23 Å². The first kappa shape index (κ1) is 8.85. The van der Waals surface area contributed by atoms with Gasteiger partial charge in [0, 0.05) is 0 Å². The van der Waals surface area contributed by atoms with Crippen molar-refractivity contribution in [3.63, 3.8) is 0 Å². The number of ether oxygens (including phenoxy) is 1. The molecule has 0 aliphatic carbocycles. The summed E-state index contributed by atoms with van der Waals surface area (Å²) in [6, 6.07) is 0. The molecule has 0 amide bonds. The fraction of sp³-hybridized carbons (Fsp3) is 1.00. The van der Waals surface area contributed by atoms with Gasteiger partial charge in [-0.15, -0.1) is 0 Å². The zero-order chi connectivity index (χ0) is 7.61. The van der Waals surface area contributed by atoms with Crippen LogP contribution in [0.5, 0.6) is 0 Å². The zero-order valence-electron chi connectivity index (χ0n) is 7.31. The van der Waals surface area contributed by atoms with Crippen molar-refractivity contribution in [3.05, 3.63) is 0 Å². The monoisotopic (exact) mass is 250 g/mol. The summed E-state index contributed by atoms with van der Waals surface area (Å²) in [5.41, 5.74) is 0. The Bertz CT molecular complexity index is 100. The quantitative estimate of drug-likeness (QED) is 0.682. The molecule has 0 spiro atoms. The van der Waals surface area contributed by atoms with E-state index in [1.54, 1.807) is 0 Å². The summed E-state index contributed by atoms with van der Waals surface area (Å²) in [6.45, 7) is 2.07. The van der Waals surface area contributed by atoms with E-state index in [0.717, 1.165) is 19.1 Å². The summed E-state index contributed by atoms with van der Waals surface area (Å²) in [6.07, 6.45) is 1.33. The maximum absolute atomic E-state index is 5.34. The van der Waals surface area contributed by atoms with E-state index in [4.69, 9.17) is 4.74 Å². The van der Waals surface area contributed by atoms with Crippen molar-refractivity contribution in [3.8, 4) is 0 Å². The summed E-state index contributed by atoms with van der Waals surface area (Å²) < 4.78 is 6.86. The fourth-order valence-corrected chi connectivity index (χ4v) is 7.47. The van der Waals surface area contributed by atoms with Gasteiger partial charge in [0.2, 0.25) is 0 Å². The van der Waals surface area contributed by atoms with Gasteiger partial charge < -0.3 is 0 Å². The fourth-order valence-electron chi connectivity index (χ4n) is 1.61. The van der Waals surface area contributed by atoms with Gasteiger partial charge in [-0.2, -0.15) is 0 Å². The Hall–Kier alpha value is 0.759. The van der Waals surface area contributed by atoms with Crippen LogP contribution in [0, 0.1) is 5.92 Å². The van der Waals surface area contributed by atoms with E-state index in [9.17, 15) is 0 Å². The van der Waals surface area contributed by atoms with Crippen molar-refractivity contribution >= 4 is 18.4 Å². The van der Waals surface area contributed by atoms with Crippen molar-refractivity contribution in [1.29, 1.82) is 0 Å². The molecule has 0 bridgehead atoms. The standard InChI is InChI=1S/C5H9O.3CH3.Sn/c1-5-2-3-6-4-5;;;;/h5H,1-4H2;3*1H3;. The van der Waals surface area contributed by atoms with Crippen LogP contribution in [0.1, 0.15) is 6.42 Å². The Morgan fingerprint density at radius 1 is 1.40 bits per heavy atom. The van der Waals surface area contributed by atoms with Gasteiger partial charge in [-0.05, 0) is 0 Å². The molecule has 2 heteroatoms. The minimum absolute atomic E-state index is 0.927. The molecule has 1 aliphatic heterocycles. The van der Waals surface area contributed by atoms with Gasteiger partial charge in [0.25, 0.3) is 0 Å². The molecule has 1 heterocycles. The van der Waals surface area contributed by atoms with Crippen LogP contribution in [-0.4, -0.2) is 31.6 Å². The maximum atomic E-state index is 5.34. The average Bonchev–Trinajstić information content (AvgIpc) is 2.12. The molecule has 1 fully saturated rings. The second kappa shape index (κ2) is 3.44. The van der Waals surface area contributed by atoms with Crippen molar-refractivity contribution in [2.75, 3.05) is 13.2 Å². The third-order valence-electron chi connectivity index (χ3n) is 1.93. The molecule has 1 saturated heterocycles. The van der Waals surface area contributed by atoms with Crippen LogP contribution in [0.25, 0.3) is 0 Å². The van der Waals surface area contributed by atoms with Gasteiger partial charge in [-0.3, -0.25) is 0 Å². The normalized spacial score (nSPS) is 27.3. The van der Waals surface area contributed by atoms with Crippen molar-refractivity contribution in [1.82, 2.24) is 0 Å². The minimum atomic E-state index is -1.46. The van der Waals surface area contributed by atoms with E-state index < -0.39 is 18.4 Å². The molecule has 1 atom stereocenters. The van der Waals surface area contributed by atoms with E-state index in [-0.39, 0.29) is 0 Å². The number of rotatable bonds is 2. The molecule has 0 N–H and O–H groups in total. The first-order valence-electron chi connectivity index (χ1n) is 4.16. The third-order valence-corrected chi connectivity index (χ3v) is 7.07. The van der Waals surface area contributed by atoms with Crippen LogP contribution in [0.4, 0.5) is 0 Å². The van der Waals surface area contributed by atoms with E-state index in [1.165, 1.54) is 10.9 Å². The van der Waals surface area contributed by atoms with Gasteiger partial charge in [0.1, 0.15) is 0 Å². The Balaban J connectivity index is 2.24. The predicted molar refractivity (Wildman–Crippen MR) is 47.1 cm³/mol. The number of hydrogen-bond acceptors (Lipinski definition) is 1. The molecule has 0 aromatic heterocycles. The van der Waals surface area contributed by atoms with Crippen LogP contribution in [0.3, 0.4) is 0 Å². The summed E-state index contributed by atoms with van der Waals surface area (Å²) in [7, 11) is 0. The molecule has 1 rings (SSSR count). The molecular formula is C8H18OSn. The van der Waals surface area contributed by atoms with E-state index >= 15 is 0 Å². The second-order valence-electron chi connectivity index (χ2n) is 4.49. The molecule has 1 aliphatic rings. The van der Waals surface area contributed by atoms with Crippen LogP contribution in [0.15, 0.2) is 0 Å². The molecule has 10 heavy (non-hydrogen) atoms. The SMILES string of the molecule is [CH3][Sn]([CH3])([CH3])[CH2]C1CCOC1. The second-order valence-corrected chi connectivity index (χ2v) is 20.3. The number of hydrogen-bond donors (Lipinski definition) is 0. The summed E-state index contributed by atoms with van der Waals surface area (Å²) in [4.78, 5) is 7.52. The van der Waals surface area contributed by atoms with Gasteiger partial charge in [-0.1, -0.05) is 0 Å². The first-order valence-corrected chi connectivity index (χ1v) is 14.7. The van der Waals surface area contributed by atoms with E-state index in [0.29, 0.717) is 0 Å². The summed E-state index contributed by atoms with van der Waals surface area (Å²) in [5, 5.41) is 0. The molecule has 0 radical (unpaired) electrons. The van der Waals surface area contributed by atoms with Crippen LogP contribution >= 0.6 is 0 Å². The van der Waals surface area contributed by atoms with Crippen LogP contribution in [0.2, 0.25) is 19.3 Å². The van der Waals surface area contributed by atoms with Crippen molar-refractivity contribution in [2.24, 2.45) is 5.92 Å². The third kappa shape index (κ3) is 3.24. The Morgan fingerprint density at radius 2 is 2.10 bits per heavy atom. The van der Waals surface area contributed by atoms with Gasteiger partial charge in [0.15, 0.2) is 0 Å². The van der Waals surface area contributed by atoms with E-state index in [1.807, 2.05) is 0 Å². The molecule has 0 aromatic rings. The average molecular weight is 249 g/mol. The Kier molecular flexibility index (Phi) is 3.04. The summed E-state index contributed by atoms with van der Waals surface area (Å²) >= 11 is -1.46. The van der Waals surface area contributed by atoms with E-state index in [2.05, 4.69) is 14.8 Å². The molecule has 0 saturated carbocycles. The first-order chi connectivity index (χ1) is 4.58. The molecule has 1 unspecified atom stereocenters. The Morgan fingerprint density at radius 3 is 2.50 bits per heavy atom. The molecule has 1 nitrogen and oxygen atoms in total. The van der Waals surface area contributed by atoms with Crippen LogP contribution < -0.4 is 0 Å². The van der Waals surface area contributed by atoms with Crippen LogP contribution in [-0.2, 0) is 4.74 Å². The zero-order valence-corrected chi connectivity index (χ0v) is 10.2. The molecular weight excluding hydrogens is 231 g/mol. The van der Waals surface area contributed by atoms with Crippen molar-refractivity contribution in [2.45, 2.75) is 25.7 Å². The van der Waals surface area contributed by atoms with Gasteiger partial charge in [0.05, 0.1) is 0 Å². The van der Waals surface area contributed by atoms with Gasteiger partial charge in [-0.25, -0.2) is 0 Å². The van der Waals surface area contributed by atoms with Crippen molar-refractivity contribution < 1.29 is 4.74 Å². The molecule has 0 aromatic carbocycles.